The van der Waals surface area contributed by atoms with E-state index in [9.17, 15) is 13.7 Å². The Bertz CT molecular complexity index is 821. The molecule has 1 aliphatic carbocycles. The van der Waals surface area contributed by atoms with E-state index in [1.807, 2.05) is 0 Å². The van der Waals surface area contributed by atoms with Gasteiger partial charge in [-0.3, -0.25) is 4.79 Å². The van der Waals surface area contributed by atoms with Crippen molar-refractivity contribution in [1.82, 2.24) is 4.72 Å². The maximum atomic E-state index is 13.3. The molecule has 0 saturated heterocycles. The van der Waals surface area contributed by atoms with Crippen molar-refractivity contribution in [2.75, 3.05) is 5.32 Å². The number of amides is 1. The number of nitrogens with one attached hydrogen (secondary N) is 2. The van der Waals surface area contributed by atoms with E-state index in [0.29, 0.717) is 27.6 Å². The molecule has 3 rings (SSSR count). The molecule has 130 valence electrons. The molecule has 0 radical (unpaired) electrons. The predicted molar refractivity (Wildman–Crippen MR) is 96.9 cm³/mol. The second-order valence-electron chi connectivity index (χ2n) is 6.12. The average molecular weight is 358 g/mol. The molecule has 0 spiro atoms. The van der Waals surface area contributed by atoms with Gasteiger partial charge in [-0.1, -0.05) is 12.6 Å². The first kappa shape index (κ1) is 17.5. The summed E-state index contributed by atoms with van der Waals surface area (Å²) in [7, 11) is 0. The summed E-state index contributed by atoms with van der Waals surface area (Å²) in [6, 6.07) is 11.0. The van der Waals surface area contributed by atoms with Crippen molar-refractivity contribution >= 4 is 23.0 Å². The Labute approximate surface area is 149 Å². The first-order valence-electron chi connectivity index (χ1n) is 7.99. The number of aryl methyl sites for hydroxylation is 1. The monoisotopic (exact) mass is 358 g/mol. The topological polar surface area (TPSA) is 64.2 Å². The third kappa shape index (κ3) is 4.41. The number of allylic oxidation sites excluding steroid dienone is 1. The maximum absolute atomic E-state index is 13.3. The van der Waals surface area contributed by atoms with Crippen LogP contribution in [-0.4, -0.2) is 10.5 Å². The largest absolute Gasteiger partial charge is 0.588 e. The molecule has 0 heterocycles. The Kier molecular flexibility index (Phi) is 5.11. The smallest absolute Gasteiger partial charge is 0.255 e. The maximum Gasteiger partial charge on any atom is 0.255 e. The van der Waals surface area contributed by atoms with Gasteiger partial charge in [0.05, 0.1) is 5.70 Å². The van der Waals surface area contributed by atoms with Gasteiger partial charge in [0.15, 0.2) is 4.90 Å². The zero-order chi connectivity index (χ0) is 18.0. The lowest BCUT2D eigenvalue weighted by molar-refractivity contribution is 0.102. The van der Waals surface area contributed by atoms with Gasteiger partial charge in [0, 0.05) is 23.2 Å². The van der Waals surface area contributed by atoms with Gasteiger partial charge in [-0.05, 0) is 55.7 Å². The van der Waals surface area contributed by atoms with Crippen LogP contribution >= 0.6 is 0 Å². The van der Waals surface area contributed by atoms with E-state index in [2.05, 4.69) is 16.6 Å². The van der Waals surface area contributed by atoms with Gasteiger partial charge in [-0.15, -0.1) is 0 Å². The third-order valence-corrected chi connectivity index (χ3v) is 5.15. The molecule has 1 atom stereocenters. The zero-order valence-corrected chi connectivity index (χ0v) is 14.7. The Morgan fingerprint density at radius 3 is 2.72 bits per heavy atom. The lowest BCUT2D eigenvalue weighted by atomic mass is 10.2. The first-order chi connectivity index (χ1) is 11.9. The van der Waals surface area contributed by atoms with Crippen LogP contribution in [-0.2, 0) is 11.4 Å². The number of halogens is 1. The van der Waals surface area contributed by atoms with E-state index in [0.717, 1.165) is 18.5 Å². The number of benzene rings is 2. The van der Waals surface area contributed by atoms with Crippen LogP contribution in [0.25, 0.3) is 0 Å². The molecule has 25 heavy (non-hydrogen) atoms. The van der Waals surface area contributed by atoms with Gasteiger partial charge >= 0.3 is 0 Å². The van der Waals surface area contributed by atoms with Crippen LogP contribution in [0.3, 0.4) is 0 Å². The summed E-state index contributed by atoms with van der Waals surface area (Å²) in [6.45, 7) is 5.53. The molecule has 1 amide bonds. The molecule has 6 heteroatoms. The van der Waals surface area contributed by atoms with Crippen molar-refractivity contribution in [3.05, 3.63) is 71.7 Å². The standard InChI is InChI=1S/C19H19FN2O2S/c1-12-10-16(8-9-18(12)20)21-19(23)15-4-3-5-17(11-15)25(24)22-13(2)14-6-7-14/h3-5,8-11,14,22H,2,6-7H2,1H3,(H,21,23). The highest BCUT2D eigenvalue weighted by atomic mass is 32.2. The van der Waals surface area contributed by atoms with Gasteiger partial charge in [0.2, 0.25) is 0 Å². The summed E-state index contributed by atoms with van der Waals surface area (Å²) >= 11 is -1.45. The predicted octanol–water partition coefficient (Wildman–Crippen LogP) is 3.92. The Hall–Kier alpha value is -2.31. The van der Waals surface area contributed by atoms with Gasteiger partial charge in [0.25, 0.3) is 5.91 Å². The van der Waals surface area contributed by atoms with Crippen molar-refractivity contribution in [2.24, 2.45) is 5.92 Å². The highest BCUT2D eigenvalue weighted by molar-refractivity contribution is 7.89. The molecule has 2 N–H and O–H groups in total. The Morgan fingerprint density at radius 1 is 1.28 bits per heavy atom. The molecule has 1 aliphatic rings. The van der Waals surface area contributed by atoms with Gasteiger partial charge in [-0.2, -0.15) is 0 Å². The summed E-state index contributed by atoms with van der Waals surface area (Å²) < 4.78 is 28.6. The molecule has 2 aromatic rings. The Balaban J connectivity index is 1.70. The number of carbonyl (C=O) groups excluding carboxylic acids is 1. The fraction of sp³-hybridized carbons (Fsp3) is 0.211. The van der Waals surface area contributed by atoms with Crippen LogP contribution in [0.1, 0.15) is 28.8 Å². The Morgan fingerprint density at radius 2 is 2.04 bits per heavy atom. The number of anilines is 1. The molecular weight excluding hydrogens is 339 g/mol. The van der Waals surface area contributed by atoms with Crippen molar-refractivity contribution < 1.29 is 13.7 Å². The third-order valence-electron chi connectivity index (χ3n) is 4.02. The molecule has 0 bridgehead atoms. The van der Waals surface area contributed by atoms with Gasteiger partial charge < -0.3 is 9.87 Å². The molecule has 4 nitrogen and oxygen atoms in total. The quantitative estimate of drug-likeness (QED) is 0.769. The molecule has 1 saturated carbocycles. The van der Waals surface area contributed by atoms with E-state index >= 15 is 0 Å². The van der Waals surface area contributed by atoms with Crippen LogP contribution in [0.15, 0.2) is 59.6 Å². The summed E-state index contributed by atoms with van der Waals surface area (Å²) in [4.78, 5) is 12.9. The minimum atomic E-state index is -1.45. The van der Waals surface area contributed by atoms with E-state index in [1.54, 1.807) is 37.3 Å². The normalized spacial score (nSPS) is 14.7. The van der Waals surface area contributed by atoms with Crippen molar-refractivity contribution in [3.63, 3.8) is 0 Å². The lowest BCUT2D eigenvalue weighted by Gasteiger charge is -2.13. The van der Waals surface area contributed by atoms with E-state index in [-0.39, 0.29) is 11.7 Å². The van der Waals surface area contributed by atoms with Crippen molar-refractivity contribution in [2.45, 2.75) is 24.7 Å². The molecule has 1 fully saturated rings. The lowest BCUT2D eigenvalue weighted by Crippen LogP contribution is -2.24. The fourth-order valence-corrected chi connectivity index (χ4v) is 3.33. The molecule has 2 aromatic carbocycles. The van der Waals surface area contributed by atoms with Crippen LogP contribution in [0.5, 0.6) is 0 Å². The minimum absolute atomic E-state index is 0.322. The first-order valence-corrected chi connectivity index (χ1v) is 9.14. The second-order valence-corrected chi connectivity index (χ2v) is 7.33. The van der Waals surface area contributed by atoms with Crippen LogP contribution in [0, 0.1) is 18.7 Å². The summed E-state index contributed by atoms with van der Waals surface area (Å²) in [5.41, 5.74) is 2.12. The molecule has 1 unspecified atom stereocenters. The summed E-state index contributed by atoms with van der Waals surface area (Å²) in [5, 5.41) is 2.72. The number of rotatable bonds is 6. The summed E-state index contributed by atoms with van der Waals surface area (Å²) in [5.74, 6) is -0.264. The van der Waals surface area contributed by atoms with Crippen molar-refractivity contribution in [1.29, 1.82) is 0 Å². The minimum Gasteiger partial charge on any atom is -0.588 e. The van der Waals surface area contributed by atoms with Crippen LogP contribution in [0.2, 0.25) is 0 Å². The second kappa shape index (κ2) is 7.29. The van der Waals surface area contributed by atoms with Gasteiger partial charge in [-0.25, -0.2) is 9.11 Å². The fourth-order valence-electron chi connectivity index (χ4n) is 2.37. The van der Waals surface area contributed by atoms with Gasteiger partial charge in [0.1, 0.15) is 17.2 Å². The zero-order valence-electron chi connectivity index (χ0n) is 13.8. The summed E-state index contributed by atoms with van der Waals surface area (Å²) in [6.07, 6.45) is 2.14. The highest BCUT2D eigenvalue weighted by Gasteiger charge is 2.28. The van der Waals surface area contributed by atoms with Crippen molar-refractivity contribution in [3.8, 4) is 0 Å². The van der Waals surface area contributed by atoms with Crippen LogP contribution < -0.4 is 10.0 Å². The van der Waals surface area contributed by atoms with Crippen LogP contribution in [0.4, 0.5) is 10.1 Å². The number of hydrogen-bond acceptors (Lipinski definition) is 3. The average Bonchev–Trinajstić information content (AvgIpc) is 3.43. The SMILES string of the molecule is C=C(N[S+]([O-])c1cccc(C(=O)Nc2ccc(F)c(C)c2)c1)C1CC1. The van der Waals surface area contributed by atoms with E-state index < -0.39 is 11.4 Å². The van der Waals surface area contributed by atoms with E-state index in [4.69, 9.17) is 0 Å². The molecule has 0 aromatic heterocycles. The van der Waals surface area contributed by atoms with E-state index in [1.165, 1.54) is 12.1 Å². The highest BCUT2D eigenvalue weighted by Crippen LogP contribution is 2.34. The molecule has 0 aliphatic heterocycles. The number of hydrogen-bond donors (Lipinski definition) is 2. The molecular formula is C19H19FN2O2S. The number of carbonyl (C=O) groups is 1.